The van der Waals surface area contributed by atoms with Crippen molar-refractivity contribution in [3.8, 4) is 0 Å². The Hall–Kier alpha value is -1.52. The van der Waals surface area contributed by atoms with Gasteiger partial charge in [-0.3, -0.25) is 4.90 Å². The topological polar surface area (TPSA) is 55.6 Å². The van der Waals surface area contributed by atoms with E-state index in [2.05, 4.69) is 19.0 Å². The summed E-state index contributed by atoms with van der Waals surface area (Å²) in [6.07, 6.45) is 1.60. The van der Waals surface area contributed by atoms with E-state index in [0.29, 0.717) is 12.5 Å². The molecule has 0 spiro atoms. The van der Waals surface area contributed by atoms with E-state index >= 15 is 0 Å². The van der Waals surface area contributed by atoms with Gasteiger partial charge in [0, 0.05) is 18.5 Å². The molecule has 2 rings (SSSR count). The summed E-state index contributed by atoms with van der Waals surface area (Å²) in [7, 11) is 0. The quantitative estimate of drug-likeness (QED) is 0.825. The zero-order valence-electron chi connectivity index (χ0n) is 13.0. The molecule has 1 unspecified atom stereocenters. The van der Waals surface area contributed by atoms with E-state index in [1.54, 1.807) is 4.90 Å². The molecule has 20 heavy (non-hydrogen) atoms. The molecule has 1 atom stereocenters. The van der Waals surface area contributed by atoms with E-state index in [4.69, 9.17) is 9.26 Å². The lowest BCUT2D eigenvalue weighted by atomic mass is 10.1. The van der Waals surface area contributed by atoms with Crippen molar-refractivity contribution in [2.75, 3.05) is 6.54 Å². The van der Waals surface area contributed by atoms with Crippen LogP contribution < -0.4 is 0 Å². The van der Waals surface area contributed by atoms with Gasteiger partial charge < -0.3 is 9.26 Å². The fourth-order valence-electron chi connectivity index (χ4n) is 2.35. The fraction of sp³-hybridized carbons (Fsp3) is 0.733. The van der Waals surface area contributed by atoms with Crippen LogP contribution in [0.4, 0.5) is 4.79 Å². The molecule has 1 aromatic heterocycles. The van der Waals surface area contributed by atoms with Crippen LogP contribution in [0.5, 0.6) is 0 Å². The molecule has 1 aromatic rings. The molecule has 0 aliphatic carbocycles. The summed E-state index contributed by atoms with van der Waals surface area (Å²) in [5.74, 6) is 1.16. The van der Waals surface area contributed by atoms with E-state index in [9.17, 15) is 4.79 Å². The second-order valence-electron chi connectivity index (χ2n) is 6.64. The van der Waals surface area contributed by atoms with Crippen molar-refractivity contribution in [3.63, 3.8) is 0 Å². The zero-order chi connectivity index (χ0) is 14.9. The van der Waals surface area contributed by atoms with Crippen LogP contribution in [0.3, 0.4) is 0 Å². The van der Waals surface area contributed by atoms with Crippen LogP contribution in [-0.4, -0.2) is 28.3 Å². The van der Waals surface area contributed by atoms with Crippen LogP contribution in [0, 0.1) is 0 Å². The largest absolute Gasteiger partial charge is 0.444 e. The van der Waals surface area contributed by atoms with Gasteiger partial charge in [-0.05, 0) is 33.6 Å². The Labute approximate surface area is 120 Å². The van der Waals surface area contributed by atoms with Crippen molar-refractivity contribution in [2.24, 2.45) is 0 Å². The van der Waals surface area contributed by atoms with Crippen molar-refractivity contribution < 1.29 is 14.1 Å². The number of rotatable bonds is 2. The van der Waals surface area contributed by atoms with Crippen LogP contribution in [0.15, 0.2) is 10.6 Å². The van der Waals surface area contributed by atoms with Crippen LogP contribution in [0.1, 0.15) is 70.9 Å². The highest BCUT2D eigenvalue weighted by molar-refractivity contribution is 5.69. The summed E-state index contributed by atoms with van der Waals surface area (Å²) in [5, 5.41) is 4.12. The van der Waals surface area contributed by atoms with E-state index in [1.165, 1.54) is 0 Å². The second-order valence-corrected chi connectivity index (χ2v) is 6.64. The number of hydrogen-bond donors (Lipinski definition) is 0. The van der Waals surface area contributed by atoms with Gasteiger partial charge in [-0.1, -0.05) is 19.0 Å². The molecule has 1 aliphatic heterocycles. The van der Waals surface area contributed by atoms with Crippen LogP contribution >= 0.6 is 0 Å². The van der Waals surface area contributed by atoms with Gasteiger partial charge in [0.25, 0.3) is 0 Å². The summed E-state index contributed by atoms with van der Waals surface area (Å²) < 4.78 is 10.8. The first-order valence-electron chi connectivity index (χ1n) is 7.24. The molecule has 1 amide bonds. The van der Waals surface area contributed by atoms with Gasteiger partial charge in [0.15, 0.2) is 0 Å². The number of carbonyl (C=O) groups is 1. The maximum Gasteiger partial charge on any atom is 0.410 e. The molecule has 2 heterocycles. The third kappa shape index (κ3) is 3.32. The highest BCUT2D eigenvalue weighted by Crippen LogP contribution is 2.33. The van der Waals surface area contributed by atoms with Crippen molar-refractivity contribution in [1.29, 1.82) is 0 Å². The molecule has 1 aliphatic rings. The Balaban J connectivity index is 2.12. The van der Waals surface area contributed by atoms with E-state index in [0.717, 1.165) is 24.3 Å². The van der Waals surface area contributed by atoms with E-state index < -0.39 is 5.60 Å². The number of aromatic nitrogens is 1. The van der Waals surface area contributed by atoms with Crippen molar-refractivity contribution in [2.45, 2.75) is 65.0 Å². The molecule has 1 saturated heterocycles. The van der Waals surface area contributed by atoms with Gasteiger partial charge >= 0.3 is 6.09 Å². The third-order valence-corrected chi connectivity index (χ3v) is 3.34. The van der Waals surface area contributed by atoms with Gasteiger partial charge in [0.05, 0.1) is 6.04 Å². The standard InChI is InChI=1S/C15H24N2O3/c1-10(2)13-9-11(16-20-13)12-7-6-8-17(12)14(18)19-15(3,4)5/h9-10,12H,6-8H2,1-5H3. The summed E-state index contributed by atoms with van der Waals surface area (Å²) in [4.78, 5) is 14.0. The summed E-state index contributed by atoms with van der Waals surface area (Å²) in [6, 6.07) is 1.93. The van der Waals surface area contributed by atoms with Gasteiger partial charge in [-0.2, -0.15) is 0 Å². The van der Waals surface area contributed by atoms with E-state index in [-0.39, 0.29) is 12.1 Å². The molecule has 5 heteroatoms. The van der Waals surface area contributed by atoms with Crippen molar-refractivity contribution in [3.05, 3.63) is 17.5 Å². The minimum atomic E-state index is -0.475. The smallest absolute Gasteiger partial charge is 0.410 e. The Morgan fingerprint density at radius 1 is 1.50 bits per heavy atom. The molecule has 0 N–H and O–H groups in total. The summed E-state index contributed by atoms with van der Waals surface area (Å²) >= 11 is 0. The molecule has 112 valence electrons. The van der Waals surface area contributed by atoms with Crippen molar-refractivity contribution in [1.82, 2.24) is 10.1 Å². The molecule has 0 radical (unpaired) electrons. The summed E-state index contributed by atoms with van der Waals surface area (Å²) in [5.41, 5.74) is 0.356. The first kappa shape index (κ1) is 14.9. The molecule has 5 nitrogen and oxygen atoms in total. The SMILES string of the molecule is CC(C)c1cc(C2CCCN2C(=O)OC(C)(C)C)no1. The summed E-state index contributed by atoms with van der Waals surface area (Å²) in [6.45, 7) is 10.5. The van der Waals surface area contributed by atoms with Gasteiger partial charge in [-0.25, -0.2) is 4.79 Å². The number of hydrogen-bond acceptors (Lipinski definition) is 4. The minimum absolute atomic E-state index is 0.0268. The van der Waals surface area contributed by atoms with Crippen LogP contribution in [0.25, 0.3) is 0 Å². The van der Waals surface area contributed by atoms with Gasteiger partial charge in [-0.15, -0.1) is 0 Å². The number of ether oxygens (including phenoxy) is 1. The number of carbonyl (C=O) groups excluding carboxylic acids is 1. The lowest BCUT2D eigenvalue weighted by Gasteiger charge is -2.27. The molecule has 0 aromatic carbocycles. The molecule has 1 fully saturated rings. The van der Waals surface area contributed by atoms with Crippen molar-refractivity contribution >= 4 is 6.09 Å². The van der Waals surface area contributed by atoms with Gasteiger partial charge in [0.2, 0.25) is 0 Å². The lowest BCUT2D eigenvalue weighted by Crippen LogP contribution is -2.36. The molecular formula is C15H24N2O3. The number of likely N-dealkylation sites (tertiary alicyclic amines) is 1. The Bertz CT molecular complexity index is 474. The fourth-order valence-corrected chi connectivity index (χ4v) is 2.35. The maximum atomic E-state index is 12.2. The minimum Gasteiger partial charge on any atom is -0.444 e. The predicted octanol–water partition coefficient (Wildman–Crippen LogP) is 3.87. The second kappa shape index (κ2) is 5.46. The molecular weight excluding hydrogens is 256 g/mol. The highest BCUT2D eigenvalue weighted by atomic mass is 16.6. The highest BCUT2D eigenvalue weighted by Gasteiger charge is 2.35. The molecule has 0 saturated carbocycles. The van der Waals surface area contributed by atoms with Gasteiger partial charge in [0.1, 0.15) is 17.1 Å². The average molecular weight is 280 g/mol. The Morgan fingerprint density at radius 3 is 2.75 bits per heavy atom. The lowest BCUT2D eigenvalue weighted by molar-refractivity contribution is 0.0219. The number of amides is 1. The Morgan fingerprint density at radius 2 is 2.20 bits per heavy atom. The normalized spacial score (nSPS) is 19.7. The zero-order valence-corrected chi connectivity index (χ0v) is 13.0. The first-order chi connectivity index (χ1) is 9.28. The first-order valence-corrected chi connectivity index (χ1v) is 7.24. The third-order valence-electron chi connectivity index (χ3n) is 3.34. The Kier molecular flexibility index (Phi) is 4.06. The number of nitrogens with zero attached hydrogens (tertiary/aromatic N) is 2. The average Bonchev–Trinajstić information content (AvgIpc) is 2.95. The predicted molar refractivity (Wildman–Crippen MR) is 75.5 cm³/mol. The van der Waals surface area contributed by atoms with Crippen LogP contribution in [-0.2, 0) is 4.74 Å². The molecule has 0 bridgehead atoms. The van der Waals surface area contributed by atoms with E-state index in [1.807, 2.05) is 26.8 Å². The monoisotopic (exact) mass is 280 g/mol. The maximum absolute atomic E-state index is 12.2. The van der Waals surface area contributed by atoms with Crippen LogP contribution in [0.2, 0.25) is 0 Å².